The third-order valence-electron chi connectivity index (χ3n) is 3.40. The number of alkyl halides is 3. The van der Waals surface area contributed by atoms with Gasteiger partial charge in [-0.15, -0.1) is 0 Å². The van der Waals surface area contributed by atoms with Crippen LogP contribution in [0.1, 0.15) is 32.3 Å². The molecule has 1 rings (SSSR count). The summed E-state index contributed by atoms with van der Waals surface area (Å²) in [5, 5.41) is 11.5. The molecule has 0 heterocycles. The Kier molecular flexibility index (Phi) is 5.24. The molecule has 0 aliphatic heterocycles. The quantitative estimate of drug-likeness (QED) is 0.880. The van der Waals surface area contributed by atoms with Gasteiger partial charge in [0, 0.05) is 0 Å². The van der Waals surface area contributed by atoms with Crippen molar-refractivity contribution in [1.29, 1.82) is 5.26 Å². The van der Waals surface area contributed by atoms with E-state index in [4.69, 9.17) is 16.9 Å². The van der Waals surface area contributed by atoms with Crippen LogP contribution in [0.3, 0.4) is 0 Å². The third kappa shape index (κ3) is 3.67. The summed E-state index contributed by atoms with van der Waals surface area (Å²) in [6.07, 6.45) is -4.03. The summed E-state index contributed by atoms with van der Waals surface area (Å²) in [4.78, 5) is 12.2. The van der Waals surface area contributed by atoms with Crippen LogP contribution in [0.15, 0.2) is 18.2 Å². The predicted molar refractivity (Wildman–Crippen MR) is 73.7 cm³/mol. The van der Waals surface area contributed by atoms with E-state index in [0.717, 1.165) is 18.2 Å². The molecule has 0 bridgehead atoms. The Labute approximate surface area is 125 Å². The molecule has 1 N–H and O–H groups in total. The highest BCUT2D eigenvalue weighted by atomic mass is 35.5. The number of rotatable bonds is 4. The molecule has 0 fully saturated rings. The Morgan fingerprint density at radius 1 is 1.33 bits per heavy atom. The Bertz CT molecular complexity index is 575. The first-order valence-corrected chi connectivity index (χ1v) is 6.67. The van der Waals surface area contributed by atoms with Crippen molar-refractivity contribution < 1.29 is 18.0 Å². The fraction of sp³-hybridized carbons (Fsp3) is 0.429. The minimum absolute atomic E-state index is 0.0182. The third-order valence-corrected chi connectivity index (χ3v) is 3.73. The summed E-state index contributed by atoms with van der Waals surface area (Å²) in [6.45, 7) is 3.33. The number of carbonyl (C=O) groups is 1. The molecule has 0 unspecified atom stereocenters. The van der Waals surface area contributed by atoms with Gasteiger partial charge < -0.3 is 5.32 Å². The molecule has 0 aromatic heterocycles. The zero-order valence-electron chi connectivity index (χ0n) is 11.5. The topological polar surface area (TPSA) is 52.9 Å². The van der Waals surface area contributed by atoms with Gasteiger partial charge in [-0.05, 0) is 31.0 Å². The summed E-state index contributed by atoms with van der Waals surface area (Å²) >= 11 is 5.81. The molecular formula is C14H14ClF3N2O. The van der Waals surface area contributed by atoms with E-state index in [1.54, 1.807) is 13.8 Å². The van der Waals surface area contributed by atoms with Crippen LogP contribution in [-0.4, -0.2) is 5.91 Å². The normalized spacial score (nSPS) is 11.9. The molecule has 21 heavy (non-hydrogen) atoms. The highest BCUT2D eigenvalue weighted by Crippen LogP contribution is 2.35. The van der Waals surface area contributed by atoms with Crippen molar-refractivity contribution >= 4 is 23.2 Å². The average molecular weight is 319 g/mol. The number of nitriles is 1. The Morgan fingerprint density at radius 3 is 2.33 bits per heavy atom. The van der Waals surface area contributed by atoms with Crippen molar-refractivity contribution in [3.05, 3.63) is 28.8 Å². The Morgan fingerprint density at radius 2 is 1.90 bits per heavy atom. The second kappa shape index (κ2) is 6.35. The molecular weight excluding hydrogens is 305 g/mol. The number of benzene rings is 1. The van der Waals surface area contributed by atoms with Crippen molar-refractivity contribution in [1.82, 2.24) is 0 Å². The van der Waals surface area contributed by atoms with Crippen molar-refractivity contribution in [2.45, 2.75) is 32.9 Å². The van der Waals surface area contributed by atoms with E-state index in [-0.39, 0.29) is 23.6 Å². The average Bonchev–Trinajstić information content (AvgIpc) is 2.42. The van der Waals surface area contributed by atoms with Gasteiger partial charge in [-0.1, -0.05) is 25.4 Å². The lowest BCUT2D eigenvalue weighted by Crippen LogP contribution is -2.34. The van der Waals surface area contributed by atoms with Gasteiger partial charge in [0.2, 0.25) is 5.91 Å². The molecule has 0 aliphatic rings. The van der Waals surface area contributed by atoms with Crippen molar-refractivity contribution in [2.24, 2.45) is 5.41 Å². The summed E-state index contributed by atoms with van der Waals surface area (Å²) < 4.78 is 38.0. The first kappa shape index (κ1) is 17.3. The molecule has 114 valence electrons. The molecule has 7 heteroatoms. The van der Waals surface area contributed by atoms with E-state index in [1.807, 2.05) is 6.07 Å². The van der Waals surface area contributed by atoms with Crippen LogP contribution in [0, 0.1) is 16.7 Å². The minimum Gasteiger partial charge on any atom is -0.323 e. The first-order chi connectivity index (χ1) is 9.70. The lowest BCUT2D eigenvalue weighted by molar-refractivity contribution is -0.137. The van der Waals surface area contributed by atoms with Crippen LogP contribution in [0.2, 0.25) is 5.02 Å². The van der Waals surface area contributed by atoms with Gasteiger partial charge >= 0.3 is 6.18 Å². The highest BCUT2D eigenvalue weighted by Gasteiger charge is 2.36. The minimum atomic E-state index is -4.54. The molecule has 1 amide bonds. The molecule has 3 nitrogen and oxygen atoms in total. The van der Waals surface area contributed by atoms with Crippen LogP contribution < -0.4 is 5.32 Å². The summed E-state index contributed by atoms with van der Waals surface area (Å²) in [6, 6.07) is 4.57. The van der Waals surface area contributed by atoms with Gasteiger partial charge in [0.05, 0.1) is 22.3 Å². The summed E-state index contributed by atoms with van der Waals surface area (Å²) in [5.41, 5.74) is -2.35. The zero-order valence-corrected chi connectivity index (χ0v) is 12.3. The maximum absolute atomic E-state index is 12.7. The molecule has 0 saturated heterocycles. The monoisotopic (exact) mass is 318 g/mol. The lowest BCUT2D eigenvalue weighted by atomic mass is 9.83. The molecule has 0 aliphatic carbocycles. The van der Waals surface area contributed by atoms with Crippen molar-refractivity contribution in [3.63, 3.8) is 0 Å². The van der Waals surface area contributed by atoms with Crippen LogP contribution in [0.25, 0.3) is 0 Å². The number of anilines is 1. The smallest absolute Gasteiger partial charge is 0.323 e. The molecule has 1 aromatic carbocycles. The summed E-state index contributed by atoms with van der Waals surface area (Å²) in [5.74, 6) is -0.656. The number of nitrogens with zero attached hydrogens (tertiary/aromatic N) is 1. The maximum atomic E-state index is 12.7. The van der Waals surface area contributed by atoms with Crippen molar-refractivity contribution in [2.75, 3.05) is 5.32 Å². The SMILES string of the molecule is CCC(C#N)(CC)C(=O)Nc1cc(C(F)(F)F)ccc1Cl. The number of carbonyl (C=O) groups excluding carboxylic acids is 1. The molecule has 0 spiro atoms. The number of hydrogen-bond donors (Lipinski definition) is 1. The molecule has 0 saturated carbocycles. The fourth-order valence-corrected chi connectivity index (χ4v) is 1.98. The van der Waals surface area contributed by atoms with Gasteiger partial charge in [-0.3, -0.25) is 4.79 Å². The highest BCUT2D eigenvalue weighted by molar-refractivity contribution is 6.33. The van der Waals surface area contributed by atoms with Gasteiger partial charge in [0.25, 0.3) is 0 Å². The van der Waals surface area contributed by atoms with Gasteiger partial charge in [-0.2, -0.15) is 18.4 Å². The number of nitrogens with one attached hydrogen (secondary N) is 1. The van der Waals surface area contributed by atoms with E-state index < -0.39 is 23.1 Å². The van der Waals surface area contributed by atoms with Gasteiger partial charge in [0.1, 0.15) is 5.41 Å². The molecule has 0 atom stereocenters. The molecule has 0 radical (unpaired) electrons. The van der Waals surface area contributed by atoms with E-state index in [9.17, 15) is 18.0 Å². The van der Waals surface area contributed by atoms with E-state index in [1.165, 1.54) is 0 Å². The van der Waals surface area contributed by atoms with Crippen LogP contribution in [0.5, 0.6) is 0 Å². The Balaban J connectivity index is 3.14. The van der Waals surface area contributed by atoms with Crippen LogP contribution in [0.4, 0.5) is 18.9 Å². The van der Waals surface area contributed by atoms with E-state index >= 15 is 0 Å². The Hall–Kier alpha value is -1.74. The lowest BCUT2D eigenvalue weighted by Gasteiger charge is -2.22. The second-order valence-corrected chi connectivity index (χ2v) is 4.95. The maximum Gasteiger partial charge on any atom is 0.416 e. The van der Waals surface area contributed by atoms with Crippen molar-refractivity contribution in [3.8, 4) is 6.07 Å². The molecule has 1 aromatic rings. The zero-order chi connectivity index (χ0) is 16.3. The fourth-order valence-electron chi connectivity index (χ4n) is 1.82. The van der Waals surface area contributed by atoms with E-state index in [0.29, 0.717) is 0 Å². The largest absolute Gasteiger partial charge is 0.416 e. The van der Waals surface area contributed by atoms with Crippen LogP contribution in [-0.2, 0) is 11.0 Å². The second-order valence-electron chi connectivity index (χ2n) is 4.55. The predicted octanol–water partition coefficient (Wildman–Crippen LogP) is 4.63. The number of hydrogen-bond acceptors (Lipinski definition) is 2. The summed E-state index contributed by atoms with van der Waals surface area (Å²) in [7, 11) is 0. The first-order valence-electron chi connectivity index (χ1n) is 6.29. The van der Waals surface area contributed by atoms with Crippen LogP contribution >= 0.6 is 11.6 Å². The van der Waals surface area contributed by atoms with E-state index in [2.05, 4.69) is 5.32 Å². The number of amides is 1. The standard InChI is InChI=1S/C14H14ClF3N2O/c1-3-13(4-2,8-19)12(21)20-11-7-9(14(16,17)18)5-6-10(11)15/h5-7H,3-4H2,1-2H3,(H,20,21). The number of halogens is 4. The van der Waals surface area contributed by atoms with Gasteiger partial charge in [0.15, 0.2) is 0 Å². The van der Waals surface area contributed by atoms with Gasteiger partial charge in [-0.25, -0.2) is 0 Å².